The van der Waals surface area contributed by atoms with Crippen molar-refractivity contribution < 1.29 is 9.53 Å². The molecule has 1 aliphatic heterocycles. The average molecular weight is 526 g/mol. The van der Waals surface area contributed by atoms with Crippen molar-refractivity contribution in [2.24, 2.45) is 5.92 Å². The standard InChI is InChI=1S/C30H27N3O2S2/c1-21(2)20-35-26-15-13-23(14-16-26)28-24(19-33(31-28)25-11-7-4-8-12-25)17-27-29(34)32(30(36)37-27)18-22-9-5-3-6-10-22/h3-17,19,21H,18,20H2,1-2H3. The van der Waals surface area contributed by atoms with Gasteiger partial charge in [0.1, 0.15) is 10.1 Å². The van der Waals surface area contributed by atoms with Crippen LogP contribution in [0.3, 0.4) is 0 Å². The summed E-state index contributed by atoms with van der Waals surface area (Å²) in [6.45, 7) is 5.37. The number of thioether (sulfide) groups is 1. The number of carbonyl (C=O) groups excluding carboxylic acids is 1. The Morgan fingerprint density at radius 2 is 1.65 bits per heavy atom. The molecule has 1 aliphatic rings. The molecular weight excluding hydrogens is 498 g/mol. The van der Waals surface area contributed by atoms with E-state index in [1.54, 1.807) is 4.90 Å². The molecule has 5 nitrogen and oxygen atoms in total. The fraction of sp³-hybridized carbons (Fsp3) is 0.167. The smallest absolute Gasteiger partial charge is 0.266 e. The third kappa shape index (κ3) is 5.84. The van der Waals surface area contributed by atoms with E-state index in [-0.39, 0.29) is 5.91 Å². The number of hydrogen-bond donors (Lipinski definition) is 0. The van der Waals surface area contributed by atoms with E-state index in [2.05, 4.69) is 13.8 Å². The molecule has 0 unspecified atom stereocenters. The maximum atomic E-state index is 13.3. The number of nitrogens with zero attached hydrogens (tertiary/aromatic N) is 3. The molecule has 0 saturated carbocycles. The van der Waals surface area contributed by atoms with Crippen molar-refractivity contribution in [2.75, 3.05) is 6.61 Å². The van der Waals surface area contributed by atoms with Crippen molar-refractivity contribution in [1.82, 2.24) is 14.7 Å². The number of amides is 1. The Hall–Kier alpha value is -3.68. The van der Waals surface area contributed by atoms with E-state index in [1.165, 1.54) is 11.8 Å². The first kappa shape index (κ1) is 25.0. The second-order valence-electron chi connectivity index (χ2n) is 9.20. The molecule has 0 N–H and O–H groups in total. The average Bonchev–Trinajstić information content (AvgIpc) is 3.45. The van der Waals surface area contributed by atoms with Crippen LogP contribution >= 0.6 is 24.0 Å². The largest absolute Gasteiger partial charge is 0.493 e. The maximum Gasteiger partial charge on any atom is 0.266 e. The molecule has 5 rings (SSSR count). The molecule has 0 aliphatic carbocycles. The van der Waals surface area contributed by atoms with Crippen molar-refractivity contribution in [1.29, 1.82) is 0 Å². The summed E-state index contributed by atoms with van der Waals surface area (Å²) in [5.74, 6) is 1.19. The Morgan fingerprint density at radius 1 is 0.973 bits per heavy atom. The third-order valence-corrected chi connectivity index (χ3v) is 7.20. The summed E-state index contributed by atoms with van der Waals surface area (Å²) in [5.41, 5.74) is 4.56. The van der Waals surface area contributed by atoms with Crippen LogP contribution in [0.5, 0.6) is 5.75 Å². The molecule has 0 spiro atoms. The SMILES string of the molecule is CC(C)COc1ccc(-c2nn(-c3ccccc3)cc2C=C2SC(=S)N(Cc3ccccc3)C2=O)cc1. The second kappa shape index (κ2) is 11.2. The molecule has 7 heteroatoms. The molecule has 0 atom stereocenters. The van der Waals surface area contributed by atoms with E-state index in [1.807, 2.05) is 102 Å². The fourth-order valence-corrected chi connectivity index (χ4v) is 5.19. The predicted octanol–water partition coefficient (Wildman–Crippen LogP) is 6.98. The molecule has 0 bridgehead atoms. The summed E-state index contributed by atoms with van der Waals surface area (Å²) < 4.78 is 8.25. The molecule has 0 radical (unpaired) electrons. The molecule has 1 saturated heterocycles. The van der Waals surface area contributed by atoms with Crippen LogP contribution in [0, 0.1) is 5.92 Å². The van der Waals surface area contributed by atoms with E-state index >= 15 is 0 Å². The van der Waals surface area contributed by atoms with Crippen LogP contribution in [0.4, 0.5) is 0 Å². The molecule has 1 amide bonds. The van der Waals surface area contributed by atoms with Crippen molar-refractivity contribution in [3.63, 3.8) is 0 Å². The first-order valence-corrected chi connectivity index (χ1v) is 13.4. The highest BCUT2D eigenvalue weighted by molar-refractivity contribution is 8.26. The zero-order chi connectivity index (χ0) is 25.8. The monoisotopic (exact) mass is 525 g/mol. The molecule has 3 aromatic carbocycles. The quantitative estimate of drug-likeness (QED) is 0.184. The second-order valence-corrected chi connectivity index (χ2v) is 10.9. The minimum atomic E-state index is -0.0882. The van der Waals surface area contributed by atoms with Crippen LogP contribution in [0.25, 0.3) is 23.0 Å². The van der Waals surface area contributed by atoms with Crippen LogP contribution in [-0.4, -0.2) is 31.5 Å². The van der Waals surface area contributed by atoms with Crippen LogP contribution in [0.15, 0.2) is 96.0 Å². The number of thiocarbonyl (C=S) groups is 1. The van der Waals surface area contributed by atoms with Gasteiger partial charge >= 0.3 is 0 Å². The van der Waals surface area contributed by atoms with Crippen LogP contribution in [-0.2, 0) is 11.3 Å². The number of para-hydroxylation sites is 1. The molecular formula is C30H27N3O2S2. The molecule has 1 aromatic heterocycles. The number of benzene rings is 3. The number of ether oxygens (including phenoxy) is 1. The van der Waals surface area contributed by atoms with Crippen molar-refractivity contribution in [2.45, 2.75) is 20.4 Å². The summed E-state index contributed by atoms with van der Waals surface area (Å²) in [6, 6.07) is 27.8. The van der Waals surface area contributed by atoms with Gasteiger partial charge in [0.05, 0.1) is 29.4 Å². The Bertz CT molecular complexity index is 1430. The zero-order valence-corrected chi connectivity index (χ0v) is 22.3. The third-order valence-electron chi connectivity index (χ3n) is 5.82. The van der Waals surface area contributed by atoms with Crippen LogP contribution in [0.1, 0.15) is 25.0 Å². The summed E-state index contributed by atoms with van der Waals surface area (Å²) in [4.78, 5) is 15.6. The Labute approximate surface area is 226 Å². The minimum Gasteiger partial charge on any atom is -0.493 e. The van der Waals surface area contributed by atoms with E-state index in [4.69, 9.17) is 22.1 Å². The van der Waals surface area contributed by atoms with Gasteiger partial charge in [0, 0.05) is 17.3 Å². The number of hydrogen-bond acceptors (Lipinski definition) is 5. The Balaban J connectivity index is 1.48. The van der Waals surface area contributed by atoms with Gasteiger partial charge in [-0.05, 0) is 54.0 Å². The summed E-state index contributed by atoms with van der Waals surface area (Å²) in [5, 5.41) is 4.89. The normalized spacial score (nSPS) is 14.7. The fourth-order valence-electron chi connectivity index (χ4n) is 3.95. The lowest BCUT2D eigenvalue weighted by molar-refractivity contribution is -0.122. The van der Waals surface area contributed by atoms with Crippen molar-refractivity contribution in [3.05, 3.63) is 107 Å². The molecule has 186 valence electrons. The Morgan fingerprint density at radius 3 is 2.32 bits per heavy atom. The van der Waals surface area contributed by atoms with E-state index in [0.717, 1.165) is 33.8 Å². The van der Waals surface area contributed by atoms with Gasteiger partial charge in [-0.25, -0.2) is 4.68 Å². The van der Waals surface area contributed by atoms with Gasteiger partial charge in [0.25, 0.3) is 5.91 Å². The van der Waals surface area contributed by atoms with Gasteiger partial charge in [0.15, 0.2) is 0 Å². The molecule has 2 heterocycles. The number of carbonyl (C=O) groups is 1. The van der Waals surface area contributed by atoms with Gasteiger partial charge in [0.2, 0.25) is 0 Å². The topological polar surface area (TPSA) is 47.4 Å². The lowest BCUT2D eigenvalue weighted by Gasteiger charge is -2.14. The molecule has 37 heavy (non-hydrogen) atoms. The summed E-state index contributed by atoms with van der Waals surface area (Å²) >= 11 is 6.90. The summed E-state index contributed by atoms with van der Waals surface area (Å²) in [7, 11) is 0. The zero-order valence-electron chi connectivity index (χ0n) is 20.7. The van der Waals surface area contributed by atoms with E-state index in [9.17, 15) is 4.79 Å². The first-order valence-electron chi connectivity index (χ1n) is 12.2. The minimum absolute atomic E-state index is 0.0882. The number of rotatable bonds is 8. The number of aromatic nitrogens is 2. The molecule has 4 aromatic rings. The highest BCUT2D eigenvalue weighted by Gasteiger charge is 2.32. The summed E-state index contributed by atoms with van der Waals surface area (Å²) in [6.07, 6.45) is 3.85. The van der Waals surface area contributed by atoms with Gasteiger partial charge in [-0.3, -0.25) is 9.69 Å². The van der Waals surface area contributed by atoms with Gasteiger partial charge < -0.3 is 4.74 Å². The lowest BCUT2D eigenvalue weighted by Crippen LogP contribution is -2.27. The van der Waals surface area contributed by atoms with Gasteiger partial charge in [-0.2, -0.15) is 5.10 Å². The first-order chi connectivity index (χ1) is 18.0. The Kier molecular flexibility index (Phi) is 7.53. The van der Waals surface area contributed by atoms with Gasteiger partial charge in [-0.15, -0.1) is 0 Å². The lowest BCUT2D eigenvalue weighted by atomic mass is 10.1. The van der Waals surface area contributed by atoms with E-state index < -0.39 is 0 Å². The predicted molar refractivity (Wildman–Crippen MR) is 154 cm³/mol. The van der Waals surface area contributed by atoms with Crippen molar-refractivity contribution >= 4 is 40.3 Å². The van der Waals surface area contributed by atoms with Crippen LogP contribution < -0.4 is 4.74 Å². The maximum absolute atomic E-state index is 13.3. The van der Waals surface area contributed by atoms with Crippen molar-refractivity contribution in [3.8, 4) is 22.7 Å². The van der Waals surface area contributed by atoms with E-state index in [0.29, 0.717) is 28.3 Å². The highest BCUT2D eigenvalue weighted by Crippen LogP contribution is 2.36. The molecule has 1 fully saturated rings. The highest BCUT2D eigenvalue weighted by atomic mass is 32.2. The van der Waals surface area contributed by atoms with Gasteiger partial charge in [-0.1, -0.05) is 86.4 Å². The van der Waals surface area contributed by atoms with Crippen LogP contribution in [0.2, 0.25) is 0 Å².